The zero-order valence-electron chi connectivity index (χ0n) is 11.0. The molecule has 1 fully saturated rings. The fourth-order valence-electron chi connectivity index (χ4n) is 2.65. The maximum absolute atomic E-state index is 12.8. The summed E-state index contributed by atoms with van der Waals surface area (Å²) < 4.78 is 38.4. The van der Waals surface area contributed by atoms with E-state index in [-0.39, 0.29) is 12.1 Å². The minimum atomic E-state index is -4.33. The lowest BCUT2D eigenvalue weighted by Gasteiger charge is -2.33. The molecule has 2 N–H and O–H groups in total. The van der Waals surface area contributed by atoms with Gasteiger partial charge in [-0.2, -0.15) is 13.2 Å². The monoisotopic (exact) mass is 272 g/mol. The Morgan fingerprint density at radius 3 is 2.68 bits per heavy atom. The standard InChI is InChI=1S/C14H19F3N2/c1-10-3-2-6-19(9-10)12-4-5-13(14(15,16)17)11(7-12)8-18/h4-5,7,10H,2-3,6,8-9,18H2,1H3. The first-order valence-electron chi connectivity index (χ1n) is 6.57. The first-order valence-corrected chi connectivity index (χ1v) is 6.57. The van der Waals surface area contributed by atoms with Gasteiger partial charge in [-0.15, -0.1) is 0 Å². The third-order valence-corrected chi connectivity index (χ3v) is 3.64. The molecule has 1 heterocycles. The van der Waals surface area contributed by atoms with Crippen molar-refractivity contribution in [1.82, 2.24) is 0 Å². The number of hydrogen-bond donors (Lipinski definition) is 1. The molecule has 19 heavy (non-hydrogen) atoms. The van der Waals surface area contributed by atoms with Crippen molar-refractivity contribution in [2.24, 2.45) is 11.7 Å². The third-order valence-electron chi connectivity index (χ3n) is 3.64. The van der Waals surface area contributed by atoms with E-state index in [2.05, 4.69) is 11.8 Å². The highest BCUT2D eigenvalue weighted by molar-refractivity contribution is 5.52. The van der Waals surface area contributed by atoms with E-state index in [1.54, 1.807) is 12.1 Å². The zero-order chi connectivity index (χ0) is 14.0. The molecule has 0 amide bonds. The molecule has 2 rings (SSSR count). The van der Waals surface area contributed by atoms with Crippen molar-refractivity contribution in [2.45, 2.75) is 32.5 Å². The molecule has 106 valence electrons. The molecule has 0 aliphatic carbocycles. The number of benzene rings is 1. The second-order valence-corrected chi connectivity index (χ2v) is 5.24. The van der Waals surface area contributed by atoms with Crippen molar-refractivity contribution in [1.29, 1.82) is 0 Å². The van der Waals surface area contributed by atoms with Crippen LogP contribution in [-0.4, -0.2) is 13.1 Å². The predicted molar refractivity (Wildman–Crippen MR) is 69.9 cm³/mol. The molecule has 0 saturated carbocycles. The van der Waals surface area contributed by atoms with E-state index in [1.165, 1.54) is 6.42 Å². The highest BCUT2D eigenvalue weighted by Gasteiger charge is 2.33. The van der Waals surface area contributed by atoms with Crippen molar-refractivity contribution >= 4 is 5.69 Å². The first-order chi connectivity index (χ1) is 8.91. The summed E-state index contributed by atoms with van der Waals surface area (Å²) in [5, 5.41) is 0. The van der Waals surface area contributed by atoms with Crippen LogP contribution in [0.15, 0.2) is 18.2 Å². The molecule has 2 nitrogen and oxygen atoms in total. The summed E-state index contributed by atoms with van der Waals surface area (Å²) in [7, 11) is 0. The normalized spacial score (nSPS) is 20.7. The second kappa shape index (κ2) is 5.41. The van der Waals surface area contributed by atoms with E-state index >= 15 is 0 Å². The molecule has 1 unspecified atom stereocenters. The molecular formula is C14H19F3N2. The van der Waals surface area contributed by atoms with Crippen LogP contribution < -0.4 is 10.6 Å². The Kier molecular flexibility index (Phi) is 4.04. The lowest BCUT2D eigenvalue weighted by molar-refractivity contribution is -0.138. The van der Waals surface area contributed by atoms with E-state index < -0.39 is 11.7 Å². The molecule has 1 saturated heterocycles. The second-order valence-electron chi connectivity index (χ2n) is 5.24. The highest BCUT2D eigenvalue weighted by atomic mass is 19.4. The van der Waals surface area contributed by atoms with Crippen molar-refractivity contribution < 1.29 is 13.2 Å². The van der Waals surface area contributed by atoms with Gasteiger partial charge >= 0.3 is 6.18 Å². The number of rotatable bonds is 2. The van der Waals surface area contributed by atoms with Gasteiger partial charge in [0, 0.05) is 25.3 Å². The third kappa shape index (κ3) is 3.21. The minimum absolute atomic E-state index is 0.0912. The Morgan fingerprint density at radius 2 is 2.11 bits per heavy atom. The van der Waals surface area contributed by atoms with Crippen LogP contribution in [-0.2, 0) is 12.7 Å². The summed E-state index contributed by atoms with van der Waals surface area (Å²) in [5.41, 5.74) is 5.85. The molecular weight excluding hydrogens is 253 g/mol. The summed E-state index contributed by atoms with van der Waals surface area (Å²) in [6.07, 6.45) is -2.07. The Morgan fingerprint density at radius 1 is 1.37 bits per heavy atom. The van der Waals surface area contributed by atoms with Gasteiger partial charge in [0.1, 0.15) is 0 Å². The molecule has 1 aliphatic rings. The topological polar surface area (TPSA) is 29.3 Å². The minimum Gasteiger partial charge on any atom is -0.371 e. The van der Waals surface area contributed by atoms with E-state index in [4.69, 9.17) is 5.73 Å². The number of halogens is 3. The summed E-state index contributed by atoms with van der Waals surface area (Å²) in [5.74, 6) is 0.581. The molecule has 0 aromatic heterocycles. The van der Waals surface area contributed by atoms with Crippen molar-refractivity contribution in [3.8, 4) is 0 Å². The van der Waals surface area contributed by atoms with Crippen LogP contribution in [0.4, 0.5) is 18.9 Å². The van der Waals surface area contributed by atoms with Gasteiger partial charge in [0.05, 0.1) is 5.56 Å². The maximum atomic E-state index is 12.8. The number of nitrogens with two attached hydrogens (primary N) is 1. The number of nitrogens with zero attached hydrogens (tertiary/aromatic N) is 1. The molecule has 0 spiro atoms. The maximum Gasteiger partial charge on any atom is 0.416 e. The van der Waals surface area contributed by atoms with Gasteiger partial charge in [-0.25, -0.2) is 0 Å². The summed E-state index contributed by atoms with van der Waals surface area (Å²) in [6.45, 7) is 3.88. The van der Waals surface area contributed by atoms with Gasteiger partial charge in [0.2, 0.25) is 0 Å². The van der Waals surface area contributed by atoms with Crippen LogP contribution in [0, 0.1) is 5.92 Å². The highest BCUT2D eigenvalue weighted by Crippen LogP contribution is 2.34. The lowest BCUT2D eigenvalue weighted by atomic mass is 9.98. The molecule has 0 bridgehead atoms. The van der Waals surface area contributed by atoms with Crippen molar-refractivity contribution in [2.75, 3.05) is 18.0 Å². The van der Waals surface area contributed by atoms with Crippen LogP contribution in [0.3, 0.4) is 0 Å². The average molecular weight is 272 g/mol. The predicted octanol–water partition coefficient (Wildman–Crippen LogP) is 3.40. The zero-order valence-corrected chi connectivity index (χ0v) is 11.0. The smallest absolute Gasteiger partial charge is 0.371 e. The van der Waals surface area contributed by atoms with E-state index in [1.807, 2.05) is 0 Å². The Hall–Kier alpha value is -1.23. The molecule has 1 aliphatic heterocycles. The average Bonchev–Trinajstić information content (AvgIpc) is 2.37. The number of alkyl halides is 3. The number of anilines is 1. The van der Waals surface area contributed by atoms with E-state index in [9.17, 15) is 13.2 Å². The summed E-state index contributed by atoms with van der Waals surface area (Å²) in [6, 6.07) is 4.29. The summed E-state index contributed by atoms with van der Waals surface area (Å²) >= 11 is 0. The largest absolute Gasteiger partial charge is 0.416 e. The summed E-state index contributed by atoms with van der Waals surface area (Å²) in [4.78, 5) is 2.15. The number of hydrogen-bond acceptors (Lipinski definition) is 2. The SMILES string of the molecule is CC1CCCN(c2ccc(C(F)(F)F)c(CN)c2)C1. The van der Waals surface area contributed by atoms with E-state index in [0.29, 0.717) is 5.92 Å². The quantitative estimate of drug-likeness (QED) is 0.894. The van der Waals surface area contributed by atoms with Gasteiger partial charge in [0.15, 0.2) is 0 Å². The van der Waals surface area contributed by atoms with E-state index in [0.717, 1.165) is 31.3 Å². The first kappa shape index (κ1) is 14.2. The Labute approximate surface area is 111 Å². The Bertz CT molecular complexity index is 443. The lowest BCUT2D eigenvalue weighted by Crippen LogP contribution is -2.34. The molecule has 1 atom stereocenters. The van der Waals surface area contributed by atoms with Crippen molar-refractivity contribution in [3.05, 3.63) is 29.3 Å². The van der Waals surface area contributed by atoms with Crippen molar-refractivity contribution in [3.63, 3.8) is 0 Å². The van der Waals surface area contributed by atoms with Gasteiger partial charge in [-0.1, -0.05) is 6.92 Å². The van der Waals surface area contributed by atoms with Crippen LogP contribution in [0.5, 0.6) is 0 Å². The van der Waals surface area contributed by atoms with Gasteiger partial charge in [0.25, 0.3) is 0 Å². The van der Waals surface area contributed by atoms with Crippen LogP contribution in [0.25, 0.3) is 0 Å². The fraction of sp³-hybridized carbons (Fsp3) is 0.571. The van der Waals surface area contributed by atoms with Gasteiger partial charge in [-0.3, -0.25) is 0 Å². The molecule has 1 aromatic rings. The fourth-order valence-corrected chi connectivity index (χ4v) is 2.65. The number of piperidine rings is 1. The van der Waals surface area contributed by atoms with Crippen LogP contribution in [0.1, 0.15) is 30.9 Å². The van der Waals surface area contributed by atoms with Crippen LogP contribution in [0.2, 0.25) is 0 Å². The van der Waals surface area contributed by atoms with Gasteiger partial charge in [-0.05, 0) is 42.5 Å². The Balaban J connectivity index is 2.28. The molecule has 0 radical (unpaired) electrons. The van der Waals surface area contributed by atoms with Gasteiger partial charge < -0.3 is 10.6 Å². The molecule has 5 heteroatoms. The van der Waals surface area contributed by atoms with Crippen LogP contribution >= 0.6 is 0 Å². The molecule has 1 aromatic carbocycles.